The number of rotatable bonds is 7. The van der Waals surface area contributed by atoms with Crippen LogP contribution in [0.2, 0.25) is 0 Å². The fraction of sp³-hybridized carbons (Fsp3) is 0.361. The lowest BCUT2D eigenvalue weighted by molar-refractivity contribution is -0.147. The maximum atomic E-state index is 12.7. The molecule has 43 heavy (non-hydrogen) atoms. The minimum Gasteiger partial charge on any atom is -0.488 e. The molecule has 1 aromatic heterocycles. The van der Waals surface area contributed by atoms with Crippen molar-refractivity contribution in [3.63, 3.8) is 0 Å². The molecule has 4 aromatic carbocycles. The molecule has 0 spiro atoms. The Labute approximate surface area is 253 Å². The maximum Gasteiger partial charge on any atom is 0.310 e. The number of hydrogen-bond acceptors (Lipinski definition) is 5. The molecule has 2 atom stereocenters. The number of carbonyl (C=O) groups is 1. The molecule has 1 aliphatic heterocycles. The lowest BCUT2D eigenvalue weighted by Gasteiger charge is -2.33. The van der Waals surface area contributed by atoms with E-state index in [1.807, 2.05) is 33.9 Å². The third kappa shape index (κ3) is 5.16. The summed E-state index contributed by atoms with van der Waals surface area (Å²) >= 11 is 0. The smallest absolute Gasteiger partial charge is 0.310 e. The summed E-state index contributed by atoms with van der Waals surface area (Å²) in [6, 6.07) is 23.3. The van der Waals surface area contributed by atoms with Crippen LogP contribution >= 0.6 is 0 Å². The van der Waals surface area contributed by atoms with E-state index in [0.29, 0.717) is 0 Å². The van der Waals surface area contributed by atoms with E-state index in [-0.39, 0.29) is 12.0 Å². The molecule has 222 valence electrons. The molecule has 7 nitrogen and oxygen atoms in total. The SMILES string of the molecule is CC[C@@H]1CN(Cc2cc(C(c3ccc4c(nnn4C)c3C)C(C)(C)C(=O)O)ccc2C)Cc2ccc3ccccc3c2O1. The normalized spacial score (nSPS) is 16.6. The largest absolute Gasteiger partial charge is 0.488 e. The van der Waals surface area contributed by atoms with Crippen molar-refractivity contribution in [1.29, 1.82) is 0 Å². The Kier molecular flexibility index (Phi) is 7.46. The van der Waals surface area contributed by atoms with Crippen LogP contribution in [0, 0.1) is 19.3 Å². The number of fused-ring (bicyclic) bond motifs is 4. The van der Waals surface area contributed by atoms with Gasteiger partial charge in [0.25, 0.3) is 0 Å². The number of nitrogens with zero attached hydrogens (tertiary/aromatic N) is 4. The summed E-state index contributed by atoms with van der Waals surface area (Å²) in [5, 5.41) is 21.4. The van der Waals surface area contributed by atoms with Crippen molar-refractivity contribution in [1.82, 2.24) is 19.9 Å². The van der Waals surface area contributed by atoms with Crippen molar-refractivity contribution in [2.45, 2.75) is 66.2 Å². The highest BCUT2D eigenvalue weighted by molar-refractivity contribution is 5.89. The Morgan fingerprint density at radius 2 is 1.88 bits per heavy atom. The number of aromatic nitrogens is 3. The monoisotopic (exact) mass is 576 g/mol. The van der Waals surface area contributed by atoms with Gasteiger partial charge < -0.3 is 9.84 Å². The van der Waals surface area contributed by atoms with Crippen LogP contribution in [-0.2, 0) is 24.9 Å². The van der Waals surface area contributed by atoms with Gasteiger partial charge in [0.15, 0.2) is 0 Å². The van der Waals surface area contributed by atoms with E-state index in [4.69, 9.17) is 4.74 Å². The zero-order valence-corrected chi connectivity index (χ0v) is 25.9. The highest BCUT2D eigenvalue weighted by Crippen LogP contribution is 2.44. The van der Waals surface area contributed by atoms with E-state index in [9.17, 15) is 9.90 Å². The van der Waals surface area contributed by atoms with Crippen LogP contribution < -0.4 is 4.74 Å². The standard InChI is InChI=1S/C36H40N4O3/c1-7-28-21-40(19-26-15-14-24-10-8-9-11-30(24)34(26)43-28)20-27-18-25(13-12-22(27)2)32(36(4,5)35(41)42)29-16-17-31-33(23(29)3)37-38-39(31)6/h8-18,28,32H,7,19-21H2,1-6H3,(H,41,42)/t28-,32?/m1/s1. The van der Waals surface area contributed by atoms with Gasteiger partial charge in [-0.1, -0.05) is 72.8 Å². The van der Waals surface area contributed by atoms with Gasteiger partial charge in [-0.25, -0.2) is 4.68 Å². The van der Waals surface area contributed by atoms with Crippen molar-refractivity contribution in [2.75, 3.05) is 6.54 Å². The van der Waals surface area contributed by atoms with Crippen molar-refractivity contribution in [2.24, 2.45) is 12.5 Å². The highest BCUT2D eigenvalue weighted by Gasteiger charge is 2.40. The average molecular weight is 577 g/mol. The van der Waals surface area contributed by atoms with Gasteiger partial charge in [-0.15, -0.1) is 5.10 Å². The first-order chi connectivity index (χ1) is 20.6. The van der Waals surface area contributed by atoms with Gasteiger partial charge in [0.1, 0.15) is 17.4 Å². The molecule has 0 bridgehead atoms. The van der Waals surface area contributed by atoms with Gasteiger partial charge in [-0.2, -0.15) is 0 Å². The van der Waals surface area contributed by atoms with Crippen LogP contribution in [0.3, 0.4) is 0 Å². The molecule has 7 heteroatoms. The van der Waals surface area contributed by atoms with Gasteiger partial charge in [-0.05, 0) is 73.4 Å². The summed E-state index contributed by atoms with van der Waals surface area (Å²) < 4.78 is 8.39. The van der Waals surface area contributed by atoms with E-state index in [0.717, 1.165) is 64.9 Å². The van der Waals surface area contributed by atoms with Crippen molar-refractivity contribution < 1.29 is 14.6 Å². The lowest BCUT2D eigenvalue weighted by Crippen LogP contribution is -2.33. The van der Waals surface area contributed by atoms with E-state index in [1.54, 1.807) is 4.68 Å². The Balaban J connectivity index is 1.40. The predicted octanol–water partition coefficient (Wildman–Crippen LogP) is 7.15. The molecule has 1 aliphatic rings. The Morgan fingerprint density at radius 1 is 1.09 bits per heavy atom. The summed E-state index contributed by atoms with van der Waals surface area (Å²) in [7, 11) is 1.87. The molecule has 0 saturated carbocycles. The molecule has 5 aromatic rings. The fourth-order valence-corrected chi connectivity index (χ4v) is 6.63. The van der Waals surface area contributed by atoms with Crippen LogP contribution in [0.15, 0.2) is 66.7 Å². The summed E-state index contributed by atoms with van der Waals surface area (Å²) in [5.41, 5.74) is 7.17. The molecule has 0 fully saturated rings. The van der Waals surface area contributed by atoms with Crippen LogP contribution in [0.4, 0.5) is 0 Å². The molecule has 0 saturated heterocycles. The number of aliphatic carboxylic acids is 1. The molecule has 0 aliphatic carbocycles. The average Bonchev–Trinajstić information content (AvgIpc) is 3.26. The van der Waals surface area contributed by atoms with E-state index in [2.05, 4.69) is 89.7 Å². The highest BCUT2D eigenvalue weighted by atomic mass is 16.5. The molecular weight excluding hydrogens is 536 g/mol. The second-order valence-electron chi connectivity index (χ2n) is 12.6. The zero-order valence-electron chi connectivity index (χ0n) is 25.9. The van der Waals surface area contributed by atoms with Gasteiger partial charge in [0.2, 0.25) is 0 Å². The van der Waals surface area contributed by atoms with Crippen LogP contribution in [0.5, 0.6) is 5.75 Å². The molecule has 1 unspecified atom stereocenters. The van der Waals surface area contributed by atoms with Gasteiger partial charge in [0, 0.05) is 43.5 Å². The molecule has 0 radical (unpaired) electrons. The number of carboxylic acids is 1. The van der Waals surface area contributed by atoms with Gasteiger partial charge in [-0.3, -0.25) is 9.69 Å². The predicted molar refractivity (Wildman–Crippen MR) is 170 cm³/mol. The van der Waals surface area contributed by atoms with Crippen LogP contribution in [0.25, 0.3) is 21.8 Å². The first-order valence-electron chi connectivity index (χ1n) is 15.1. The molecule has 1 N–H and O–H groups in total. The van der Waals surface area contributed by atoms with Crippen molar-refractivity contribution >= 4 is 27.8 Å². The van der Waals surface area contributed by atoms with E-state index in [1.165, 1.54) is 22.1 Å². The Hall–Kier alpha value is -4.23. The zero-order chi connectivity index (χ0) is 30.5. The minimum atomic E-state index is -1.06. The number of benzene rings is 4. The minimum absolute atomic E-state index is 0.0793. The number of carboxylic acid groups (broad SMARTS) is 1. The Morgan fingerprint density at radius 3 is 2.65 bits per heavy atom. The molecule has 6 rings (SSSR count). The third-order valence-electron chi connectivity index (χ3n) is 9.32. The second kappa shape index (κ2) is 11.1. The molecule has 2 heterocycles. The molecule has 0 amide bonds. The first kappa shape index (κ1) is 28.9. The van der Waals surface area contributed by atoms with Crippen molar-refractivity contribution in [3.8, 4) is 5.75 Å². The van der Waals surface area contributed by atoms with Gasteiger partial charge >= 0.3 is 5.97 Å². The Bertz CT molecular complexity index is 1840. The summed E-state index contributed by atoms with van der Waals surface area (Å²) in [6.45, 7) is 12.3. The second-order valence-corrected chi connectivity index (χ2v) is 12.6. The number of aryl methyl sites for hydroxylation is 3. The van der Waals surface area contributed by atoms with E-state index >= 15 is 0 Å². The summed E-state index contributed by atoms with van der Waals surface area (Å²) in [5.74, 6) is -0.215. The maximum absolute atomic E-state index is 12.7. The van der Waals surface area contributed by atoms with Gasteiger partial charge in [0.05, 0.1) is 10.9 Å². The molecular formula is C36H40N4O3. The summed E-state index contributed by atoms with van der Waals surface area (Å²) in [4.78, 5) is 15.2. The van der Waals surface area contributed by atoms with Crippen LogP contribution in [-0.4, -0.2) is 43.6 Å². The van der Waals surface area contributed by atoms with Crippen molar-refractivity contribution in [3.05, 3.63) is 100 Å². The summed E-state index contributed by atoms with van der Waals surface area (Å²) in [6.07, 6.45) is 0.993. The number of hydrogen-bond donors (Lipinski definition) is 1. The topological polar surface area (TPSA) is 80.5 Å². The van der Waals surface area contributed by atoms with Crippen LogP contribution in [0.1, 0.15) is 66.5 Å². The lowest BCUT2D eigenvalue weighted by atomic mass is 9.69. The first-order valence-corrected chi connectivity index (χ1v) is 15.1. The number of ether oxygens (including phenoxy) is 1. The fourth-order valence-electron chi connectivity index (χ4n) is 6.63. The van der Waals surface area contributed by atoms with E-state index < -0.39 is 11.4 Å². The quantitative estimate of drug-likeness (QED) is 0.222. The third-order valence-corrected chi connectivity index (χ3v) is 9.32.